The average Bonchev–Trinajstić information content (AvgIpc) is 3.04. The maximum absolute atomic E-state index is 12.2. The maximum atomic E-state index is 12.2. The van der Waals surface area contributed by atoms with Gasteiger partial charge in [0, 0.05) is 23.6 Å². The van der Waals surface area contributed by atoms with E-state index < -0.39 is 10.0 Å². The van der Waals surface area contributed by atoms with Crippen LogP contribution in [0.3, 0.4) is 0 Å². The molecule has 0 aliphatic carbocycles. The van der Waals surface area contributed by atoms with Crippen molar-refractivity contribution in [3.05, 3.63) is 45.3 Å². The second kappa shape index (κ2) is 8.22. The molecule has 0 aliphatic heterocycles. The monoisotopic (exact) mass is 464 g/mol. The van der Waals surface area contributed by atoms with Crippen LogP contribution in [-0.4, -0.2) is 32.2 Å². The molecule has 124 valence electrons. The Kier molecular flexibility index (Phi) is 6.57. The number of para-hydroxylation sites is 1. The first-order chi connectivity index (χ1) is 10.9. The fraction of sp³-hybridized carbons (Fsp3) is 0.267. The molecule has 1 heterocycles. The number of sulfonamides is 1. The summed E-state index contributed by atoms with van der Waals surface area (Å²) in [5, 5.41) is 4.57. The van der Waals surface area contributed by atoms with E-state index in [0.717, 1.165) is 9.26 Å². The molecule has 0 radical (unpaired) electrons. The molecule has 23 heavy (non-hydrogen) atoms. The molecule has 1 N–H and O–H groups in total. The first-order valence-corrected chi connectivity index (χ1v) is 10.4. The topological polar surface area (TPSA) is 66.5 Å². The molecule has 5 nitrogen and oxygen atoms in total. The van der Waals surface area contributed by atoms with Gasteiger partial charge in [-0.25, -0.2) is 12.7 Å². The van der Waals surface area contributed by atoms with Crippen LogP contribution in [0.15, 0.2) is 46.0 Å². The highest BCUT2D eigenvalue weighted by atomic mass is 127. The quantitative estimate of drug-likeness (QED) is 0.639. The van der Waals surface area contributed by atoms with Crippen LogP contribution in [0.4, 0.5) is 5.69 Å². The molecule has 1 amide bonds. The molecule has 1 aromatic carbocycles. The molecule has 0 unspecified atom stereocenters. The van der Waals surface area contributed by atoms with Gasteiger partial charge in [-0.3, -0.25) is 4.79 Å². The Balaban J connectivity index is 1.83. The molecule has 8 heteroatoms. The van der Waals surface area contributed by atoms with Crippen LogP contribution < -0.4 is 5.32 Å². The normalized spacial score (nSPS) is 11.6. The summed E-state index contributed by atoms with van der Waals surface area (Å²) in [6.45, 7) is 0.305. The summed E-state index contributed by atoms with van der Waals surface area (Å²) in [7, 11) is -1.91. The number of carbonyl (C=O) groups is 1. The van der Waals surface area contributed by atoms with Gasteiger partial charge in [-0.2, -0.15) is 0 Å². The van der Waals surface area contributed by atoms with Gasteiger partial charge in [0.15, 0.2) is 0 Å². The van der Waals surface area contributed by atoms with Crippen LogP contribution in [0.5, 0.6) is 0 Å². The van der Waals surface area contributed by atoms with Crippen LogP contribution >= 0.6 is 33.9 Å². The number of halogens is 1. The lowest BCUT2D eigenvalue weighted by Gasteiger charge is -2.15. The highest BCUT2D eigenvalue weighted by Crippen LogP contribution is 2.20. The Labute approximate surface area is 153 Å². The maximum Gasteiger partial charge on any atom is 0.252 e. The molecular formula is C15H17IN2O3S2. The summed E-state index contributed by atoms with van der Waals surface area (Å²) >= 11 is 3.35. The Bertz CT molecular complexity index is 761. The van der Waals surface area contributed by atoms with E-state index in [-0.39, 0.29) is 12.3 Å². The van der Waals surface area contributed by atoms with Crippen LogP contribution in [0.2, 0.25) is 0 Å². The van der Waals surface area contributed by atoms with E-state index in [1.165, 1.54) is 22.7 Å². The zero-order valence-corrected chi connectivity index (χ0v) is 16.3. The molecule has 0 bridgehead atoms. The second-order valence-electron chi connectivity index (χ2n) is 4.89. The molecule has 0 spiro atoms. The Morgan fingerprint density at radius 3 is 2.65 bits per heavy atom. The third kappa shape index (κ3) is 5.00. The molecule has 0 saturated carbocycles. The molecular weight excluding hydrogens is 447 g/mol. The molecule has 0 saturated heterocycles. The van der Waals surface area contributed by atoms with Crippen LogP contribution in [0.25, 0.3) is 0 Å². The van der Waals surface area contributed by atoms with Gasteiger partial charge in [-0.15, -0.1) is 11.3 Å². The van der Waals surface area contributed by atoms with Gasteiger partial charge in [0.1, 0.15) is 4.21 Å². The van der Waals surface area contributed by atoms with Crippen molar-refractivity contribution in [2.45, 2.75) is 17.1 Å². The minimum Gasteiger partial charge on any atom is -0.325 e. The Hall–Kier alpha value is -0.970. The third-order valence-electron chi connectivity index (χ3n) is 3.18. The third-order valence-corrected chi connectivity index (χ3v) is 7.36. The first kappa shape index (κ1) is 18.4. The van der Waals surface area contributed by atoms with Crippen molar-refractivity contribution >= 4 is 55.5 Å². The molecule has 2 aromatic rings. The standard InChI is InChI=1S/C15H17IN2O3S2/c1-18(23(20,21)15-9-5-11-22-15)10-4-8-14(19)17-13-7-3-2-6-12(13)16/h2-3,5-7,9,11H,4,8,10H2,1H3,(H,17,19). The van der Waals surface area contributed by atoms with E-state index in [4.69, 9.17) is 0 Å². The van der Waals surface area contributed by atoms with Gasteiger partial charge in [0.05, 0.1) is 5.69 Å². The number of hydrogen-bond acceptors (Lipinski definition) is 4. The van der Waals surface area contributed by atoms with Crippen molar-refractivity contribution in [1.29, 1.82) is 0 Å². The lowest BCUT2D eigenvalue weighted by atomic mass is 10.2. The smallest absolute Gasteiger partial charge is 0.252 e. The number of nitrogens with one attached hydrogen (secondary N) is 1. The highest BCUT2D eigenvalue weighted by Gasteiger charge is 2.21. The fourth-order valence-electron chi connectivity index (χ4n) is 1.92. The van der Waals surface area contributed by atoms with Gasteiger partial charge in [-0.05, 0) is 52.6 Å². The lowest BCUT2D eigenvalue weighted by molar-refractivity contribution is -0.116. The summed E-state index contributed by atoms with van der Waals surface area (Å²) in [5.41, 5.74) is 0.776. The minimum absolute atomic E-state index is 0.115. The van der Waals surface area contributed by atoms with Gasteiger partial charge in [0.2, 0.25) is 5.91 Å². The Morgan fingerprint density at radius 2 is 2.00 bits per heavy atom. The molecule has 0 fully saturated rings. The highest BCUT2D eigenvalue weighted by molar-refractivity contribution is 14.1. The van der Waals surface area contributed by atoms with E-state index >= 15 is 0 Å². The van der Waals surface area contributed by atoms with Gasteiger partial charge < -0.3 is 5.32 Å². The van der Waals surface area contributed by atoms with Gasteiger partial charge in [0.25, 0.3) is 10.0 Å². The van der Waals surface area contributed by atoms with E-state index in [1.807, 2.05) is 24.3 Å². The number of anilines is 1. The number of rotatable bonds is 7. The van der Waals surface area contributed by atoms with Gasteiger partial charge in [-0.1, -0.05) is 18.2 Å². The fourth-order valence-corrected chi connectivity index (χ4v) is 4.85. The number of nitrogens with zero attached hydrogens (tertiary/aromatic N) is 1. The summed E-state index contributed by atoms with van der Waals surface area (Å²) in [4.78, 5) is 11.9. The molecule has 2 rings (SSSR count). The van der Waals surface area contributed by atoms with E-state index in [9.17, 15) is 13.2 Å². The zero-order chi connectivity index (χ0) is 16.9. The zero-order valence-electron chi connectivity index (χ0n) is 12.5. The predicted molar refractivity (Wildman–Crippen MR) is 101 cm³/mol. The number of thiophene rings is 1. The SMILES string of the molecule is CN(CCCC(=O)Nc1ccccc1I)S(=O)(=O)c1cccs1. The number of amides is 1. The van der Waals surface area contributed by atoms with Gasteiger partial charge >= 0.3 is 0 Å². The summed E-state index contributed by atoms with van der Waals surface area (Å²) < 4.78 is 27.1. The average molecular weight is 464 g/mol. The number of carbonyl (C=O) groups excluding carboxylic acids is 1. The Morgan fingerprint density at radius 1 is 1.26 bits per heavy atom. The van der Waals surface area contributed by atoms with E-state index in [0.29, 0.717) is 17.2 Å². The second-order valence-corrected chi connectivity index (χ2v) is 9.27. The number of hydrogen-bond donors (Lipinski definition) is 1. The largest absolute Gasteiger partial charge is 0.325 e. The number of benzene rings is 1. The summed E-state index contributed by atoms with van der Waals surface area (Å²) in [6.07, 6.45) is 0.742. The van der Waals surface area contributed by atoms with E-state index in [2.05, 4.69) is 27.9 Å². The van der Waals surface area contributed by atoms with Crippen molar-refractivity contribution in [2.24, 2.45) is 0 Å². The van der Waals surface area contributed by atoms with Crippen molar-refractivity contribution < 1.29 is 13.2 Å². The first-order valence-electron chi connectivity index (χ1n) is 6.95. The lowest BCUT2D eigenvalue weighted by Crippen LogP contribution is -2.28. The summed E-state index contributed by atoms with van der Waals surface area (Å²) in [5.74, 6) is -0.115. The van der Waals surface area contributed by atoms with Crippen molar-refractivity contribution in [3.63, 3.8) is 0 Å². The molecule has 1 aromatic heterocycles. The van der Waals surface area contributed by atoms with Crippen molar-refractivity contribution in [2.75, 3.05) is 18.9 Å². The predicted octanol–water partition coefficient (Wildman–Crippen LogP) is 3.39. The molecule has 0 atom stereocenters. The van der Waals surface area contributed by atoms with E-state index in [1.54, 1.807) is 17.5 Å². The van der Waals surface area contributed by atoms with Crippen LogP contribution in [-0.2, 0) is 14.8 Å². The minimum atomic E-state index is -3.44. The summed E-state index contributed by atoms with van der Waals surface area (Å²) in [6, 6.07) is 10.8. The molecule has 0 aliphatic rings. The van der Waals surface area contributed by atoms with Crippen molar-refractivity contribution in [3.8, 4) is 0 Å². The van der Waals surface area contributed by atoms with Crippen LogP contribution in [0, 0.1) is 3.57 Å². The van der Waals surface area contributed by atoms with Crippen LogP contribution in [0.1, 0.15) is 12.8 Å². The van der Waals surface area contributed by atoms with Crippen molar-refractivity contribution in [1.82, 2.24) is 4.31 Å².